The van der Waals surface area contributed by atoms with Crippen molar-refractivity contribution in [2.45, 2.75) is 32.0 Å². The molecule has 0 unspecified atom stereocenters. The third kappa shape index (κ3) is 7.04. The molecule has 1 fully saturated rings. The van der Waals surface area contributed by atoms with E-state index in [0.717, 1.165) is 13.1 Å². The van der Waals surface area contributed by atoms with Crippen molar-refractivity contribution in [3.8, 4) is 0 Å². The number of aromatic nitrogens is 2. The van der Waals surface area contributed by atoms with Crippen molar-refractivity contribution in [2.24, 2.45) is 0 Å². The van der Waals surface area contributed by atoms with Gasteiger partial charge in [0, 0.05) is 25.0 Å². The second kappa shape index (κ2) is 8.42. The Hall–Kier alpha value is -2.23. The summed E-state index contributed by atoms with van der Waals surface area (Å²) in [5.41, 5.74) is 0.546. The lowest BCUT2D eigenvalue weighted by atomic mass is 10.2. The molecule has 0 aliphatic carbocycles. The molecular formula is C13H17F3N4O3. The Balaban J connectivity index is 0.000000322. The van der Waals surface area contributed by atoms with Crippen LogP contribution in [0.15, 0.2) is 12.4 Å². The number of anilines is 1. The lowest BCUT2D eigenvalue weighted by Gasteiger charge is -2.10. The molecule has 23 heavy (non-hydrogen) atoms. The van der Waals surface area contributed by atoms with E-state index in [1.54, 1.807) is 12.4 Å². The third-order valence-electron chi connectivity index (χ3n) is 2.97. The van der Waals surface area contributed by atoms with Gasteiger partial charge in [-0.1, -0.05) is 0 Å². The van der Waals surface area contributed by atoms with Gasteiger partial charge in [0.1, 0.15) is 0 Å². The number of carbonyl (C=O) groups excluding carboxylic acids is 1. The number of hydrogen-bond donors (Lipinski definition) is 3. The summed E-state index contributed by atoms with van der Waals surface area (Å²) in [6.45, 7) is 3.43. The molecule has 0 amide bonds. The molecular weight excluding hydrogens is 317 g/mol. The Morgan fingerprint density at radius 3 is 2.35 bits per heavy atom. The molecule has 2 heterocycles. The zero-order valence-electron chi connectivity index (χ0n) is 12.4. The van der Waals surface area contributed by atoms with Gasteiger partial charge in [-0.15, -0.1) is 0 Å². The maximum absolute atomic E-state index is 11.0. The van der Waals surface area contributed by atoms with E-state index in [1.807, 2.05) is 0 Å². The first-order valence-electron chi connectivity index (χ1n) is 6.80. The van der Waals surface area contributed by atoms with E-state index in [4.69, 9.17) is 9.90 Å². The van der Waals surface area contributed by atoms with Gasteiger partial charge in [0.15, 0.2) is 5.78 Å². The summed E-state index contributed by atoms with van der Waals surface area (Å²) in [6, 6.07) is 0.510. The van der Waals surface area contributed by atoms with Gasteiger partial charge in [0.05, 0.1) is 5.56 Å². The first kappa shape index (κ1) is 18.8. The number of nitrogens with zero attached hydrogens (tertiary/aromatic N) is 2. The van der Waals surface area contributed by atoms with Gasteiger partial charge < -0.3 is 15.7 Å². The first-order chi connectivity index (χ1) is 10.7. The smallest absolute Gasteiger partial charge is 0.475 e. The predicted molar refractivity (Wildman–Crippen MR) is 75.2 cm³/mol. The van der Waals surface area contributed by atoms with Crippen LogP contribution in [0.2, 0.25) is 0 Å². The van der Waals surface area contributed by atoms with Crippen molar-refractivity contribution in [3.05, 3.63) is 18.0 Å². The number of nitrogens with one attached hydrogen (secondary N) is 2. The van der Waals surface area contributed by atoms with E-state index in [0.29, 0.717) is 17.6 Å². The van der Waals surface area contributed by atoms with E-state index in [1.165, 1.54) is 19.8 Å². The second-order valence-corrected chi connectivity index (χ2v) is 4.83. The summed E-state index contributed by atoms with van der Waals surface area (Å²) >= 11 is 0. The Labute approximate surface area is 130 Å². The van der Waals surface area contributed by atoms with Crippen LogP contribution in [0.1, 0.15) is 30.1 Å². The molecule has 1 aliphatic rings. The molecule has 1 atom stereocenters. The minimum atomic E-state index is -5.08. The van der Waals surface area contributed by atoms with Crippen molar-refractivity contribution in [1.82, 2.24) is 15.3 Å². The van der Waals surface area contributed by atoms with Crippen LogP contribution in [-0.4, -0.2) is 52.1 Å². The normalized spacial score (nSPS) is 17.1. The number of hydrogen-bond acceptors (Lipinski definition) is 6. The number of aliphatic carboxylic acids is 1. The molecule has 1 aromatic heterocycles. The maximum Gasteiger partial charge on any atom is 0.490 e. The Morgan fingerprint density at radius 1 is 1.39 bits per heavy atom. The molecule has 1 saturated heterocycles. The summed E-state index contributed by atoms with van der Waals surface area (Å²) in [5.74, 6) is -2.18. The second-order valence-electron chi connectivity index (χ2n) is 4.83. The Kier molecular flexibility index (Phi) is 6.89. The van der Waals surface area contributed by atoms with Crippen LogP contribution >= 0.6 is 0 Å². The lowest BCUT2D eigenvalue weighted by molar-refractivity contribution is -0.192. The van der Waals surface area contributed by atoms with E-state index >= 15 is 0 Å². The molecule has 0 aromatic carbocycles. The highest BCUT2D eigenvalue weighted by molar-refractivity contribution is 5.93. The van der Waals surface area contributed by atoms with Crippen LogP contribution in [0.4, 0.5) is 19.1 Å². The molecule has 7 nitrogen and oxygen atoms in total. The SMILES string of the molecule is CC(=O)c1cnc(NC[C@@H]2CCCN2)nc1.O=C(O)C(F)(F)F. The average molecular weight is 334 g/mol. The fourth-order valence-electron chi connectivity index (χ4n) is 1.75. The number of carboxylic acid groups (broad SMARTS) is 1. The number of carboxylic acids is 1. The van der Waals surface area contributed by atoms with Crippen LogP contribution in [0, 0.1) is 0 Å². The van der Waals surface area contributed by atoms with Gasteiger partial charge in [-0.05, 0) is 26.3 Å². The number of carbonyl (C=O) groups is 2. The van der Waals surface area contributed by atoms with Gasteiger partial charge in [-0.25, -0.2) is 14.8 Å². The molecule has 0 spiro atoms. The van der Waals surface area contributed by atoms with Crippen molar-refractivity contribution >= 4 is 17.7 Å². The van der Waals surface area contributed by atoms with Gasteiger partial charge in [0.2, 0.25) is 5.95 Å². The highest BCUT2D eigenvalue weighted by Crippen LogP contribution is 2.13. The molecule has 3 N–H and O–H groups in total. The molecule has 2 rings (SSSR count). The summed E-state index contributed by atoms with van der Waals surface area (Å²) in [7, 11) is 0. The number of ketones is 1. The van der Waals surface area contributed by atoms with E-state index < -0.39 is 12.1 Å². The van der Waals surface area contributed by atoms with Crippen LogP contribution in [0.5, 0.6) is 0 Å². The topological polar surface area (TPSA) is 104 Å². The van der Waals surface area contributed by atoms with Gasteiger partial charge in [-0.2, -0.15) is 13.2 Å². The largest absolute Gasteiger partial charge is 0.490 e. The molecule has 1 aromatic rings. The van der Waals surface area contributed by atoms with Crippen LogP contribution in [-0.2, 0) is 4.79 Å². The standard InChI is InChI=1S/C11H16N4O.C2HF3O2/c1-8(16)9-5-13-11(14-6-9)15-7-10-3-2-4-12-10;3-2(4,5)1(6)7/h5-6,10,12H,2-4,7H2,1H3,(H,13,14,15);(H,6,7)/t10-;/m0./s1. The van der Waals surface area contributed by atoms with Crippen LogP contribution in [0.25, 0.3) is 0 Å². The molecule has 1 aliphatic heterocycles. The number of rotatable bonds is 4. The summed E-state index contributed by atoms with van der Waals surface area (Å²) in [6.07, 6.45) is 0.453. The van der Waals surface area contributed by atoms with Crippen molar-refractivity contribution in [2.75, 3.05) is 18.4 Å². The molecule has 0 saturated carbocycles. The van der Waals surface area contributed by atoms with Crippen molar-refractivity contribution < 1.29 is 27.9 Å². The Morgan fingerprint density at radius 2 is 1.96 bits per heavy atom. The van der Waals surface area contributed by atoms with E-state index in [9.17, 15) is 18.0 Å². The zero-order chi connectivity index (χ0) is 17.5. The number of alkyl halides is 3. The van der Waals surface area contributed by atoms with E-state index in [-0.39, 0.29) is 5.78 Å². The minimum Gasteiger partial charge on any atom is -0.475 e. The maximum atomic E-state index is 11.0. The fourth-order valence-corrected chi connectivity index (χ4v) is 1.75. The zero-order valence-corrected chi connectivity index (χ0v) is 12.4. The van der Waals surface area contributed by atoms with Crippen molar-refractivity contribution in [3.63, 3.8) is 0 Å². The summed E-state index contributed by atoms with van der Waals surface area (Å²) < 4.78 is 31.7. The highest BCUT2D eigenvalue weighted by Gasteiger charge is 2.38. The average Bonchev–Trinajstić information content (AvgIpc) is 2.98. The van der Waals surface area contributed by atoms with Crippen LogP contribution in [0.3, 0.4) is 0 Å². The molecule has 10 heteroatoms. The minimum absolute atomic E-state index is 0.0102. The van der Waals surface area contributed by atoms with Crippen LogP contribution < -0.4 is 10.6 Å². The third-order valence-corrected chi connectivity index (χ3v) is 2.97. The van der Waals surface area contributed by atoms with E-state index in [2.05, 4.69) is 20.6 Å². The molecule has 0 bridgehead atoms. The monoisotopic (exact) mass is 334 g/mol. The van der Waals surface area contributed by atoms with Gasteiger partial charge >= 0.3 is 12.1 Å². The van der Waals surface area contributed by atoms with Crippen molar-refractivity contribution in [1.29, 1.82) is 0 Å². The van der Waals surface area contributed by atoms with Gasteiger partial charge in [-0.3, -0.25) is 4.79 Å². The summed E-state index contributed by atoms with van der Waals surface area (Å²) in [5, 5.41) is 13.7. The number of halogens is 3. The quantitative estimate of drug-likeness (QED) is 0.716. The molecule has 128 valence electrons. The van der Waals surface area contributed by atoms with Gasteiger partial charge in [0.25, 0.3) is 0 Å². The number of Topliss-reactive ketones (excluding diaryl/α,β-unsaturated/α-hetero) is 1. The summed E-state index contributed by atoms with van der Waals surface area (Å²) in [4.78, 5) is 28.1. The Bertz CT molecular complexity index is 528. The first-order valence-corrected chi connectivity index (χ1v) is 6.80. The lowest BCUT2D eigenvalue weighted by Crippen LogP contribution is -2.29. The fraction of sp³-hybridized carbons (Fsp3) is 0.538. The highest BCUT2D eigenvalue weighted by atomic mass is 19.4. The predicted octanol–water partition coefficient (Wildman–Crippen LogP) is 1.48. The molecule has 0 radical (unpaired) electrons.